The van der Waals surface area contributed by atoms with Crippen LogP contribution in [0, 0.1) is 6.92 Å². The second-order valence-electron chi connectivity index (χ2n) is 3.97. The van der Waals surface area contributed by atoms with E-state index in [4.69, 9.17) is 0 Å². The zero-order valence-corrected chi connectivity index (χ0v) is 10.2. The van der Waals surface area contributed by atoms with Crippen molar-refractivity contribution in [1.29, 1.82) is 0 Å². The van der Waals surface area contributed by atoms with Gasteiger partial charge in [-0.3, -0.25) is 4.79 Å². The Morgan fingerprint density at radius 2 is 2.00 bits per heavy atom. The van der Waals surface area contributed by atoms with Crippen LogP contribution in [0.2, 0.25) is 0 Å². The molecule has 0 saturated heterocycles. The lowest BCUT2D eigenvalue weighted by Crippen LogP contribution is -2.33. The van der Waals surface area contributed by atoms with E-state index in [1.807, 2.05) is 0 Å². The number of benzene rings is 1. The second kappa shape index (κ2) is 5.34. The number of carboxylic acid groups (broad SMARTS) is 1. The Kier molecular flexibility index (Phi) is 3.61. The van der Waals surface area contributed by atoms with E-state index in [0.29, 0.717) is 11.3 Å². The molecule has 2 rings (SSSR count). The first kappa shape index (κ1) is 12.8. The summed E-state index contributed by atoms with van der Waals surface area (Å²) in [5.74, 6) is -1.66. The molecule has 1 unspecified atom stereocenters. The maximum atomic E-state index is 11.9. The minimum Gasteiger partial charge on any atom is -0.479 e. The maximum absolute atomic E-state index is 11.9. The number of carboxylic acids is 1. The van der Waals surface area contributed by atoms with Gasteiger partial charge in [-0.2, -0.15) is 0 Å². The average molecular weight is 260 g/mol. The summed E-state index contributed by atoms with van der Waals surface area (Å²) in [5, 5.41) is 15.2. The number of nitrogens with zero attached hydrogens (tertiary/aromatic N) is 1. The first-order chi connectivity index (χ1) is 9.09. The third kappa shape index (κ3) is 2.79. The fourth-order valence-electron chi connectivity index (χ4n) is 1.65. The molecule has 1 aromatic carbocycles. The van der Waals surface area contributed by atoms with Crippen LogP contribution < -0.4 is 5.32 Å². The van der Waals surface area contributed by atoms with Gasteiger partial charge in [-0.05, 0) is 12.5 Å². The van der Waals surface area contributed by atoms with Crippen LogP contribution >= 0.6 is 0 Å². The minimum absolute atomic E-state index is 0.224. The summed E-state index contributed by atoms with van der Waals surface area (Å²) in [6.45, 7) is 1.61. The highest BCUT2D eigenvalue weighted by atomic mass is 16.5. The molecule has 1 amide bonds. The molecule has 0 aliphatic carbocycles. The van der Waals surface area contributed by atoms with E-state index in [-0.39, 0.29) is 5.56 Å². The summed E-state index contributed by atoms with van der Waals surface area (Å²) in [6, 6.07) is 7.36. The summed E-state index contributed by atoms with van der Waals surface area (Å²) >= 11 is 0. The molecule has 1 atom stereocenters. The SMILES string of the molecule is Cc1nocc1C(=O)NC(C(=O)O)c1ccccc1. The van der Waals surface area contributed by atoms with Crippen LogP contribution in [0.15, 0.2) is 41.1 Å². The van der Waals surface area contributed by atoms with Crippen molar-refractivity contribution >= 4 is 11.9 Å². The van der Waals surface area contributed by atoms with E-state index in [0.717, 1.165) is 0 Å². The number of aliphatic carboxylic acids is 1. The number of hydrogen-bond acceptors (Lipinski definition) is 4. The lowest BCUT2D eigenvalue weighted by atomic mass is 10.1. The van der Waals surface area contributed by atoms with Crippen LogP contribution in [0.4, 0.5) is 0 Å². The topological polar surface area (TPSA) is 92.4 Å². The van der Waals surface area contributed by atoms with Crippen LogP contribution in [-0.2, 0) is 4.79 Å². The Morgan fingerprint density at radius 3 is 2.53 bits per heavy atom. The quantitative estimate of drug-likeness (QED) is 0.869. The van der Waals surface area contributed by atoms with Gasteiger partial charge in [-0.25, -0.2) is 4.79 Å². The summed E-state index contributed by atoms with van der Waals surface area (Å²) in [4.78, 5) is 23.2. The molecule has 6 nitrogen and oxygen atoms in total. The number of hydrogen-bond donors (Lipinski definition) is 2. The normalized spacial score (nSPS) is 11.8. The summed E-state index contributed by atoms with van der Waals surface area (Å²) < 4.78 is 4.66. The van der Waals surface area contributed by atoms with Crippen molar-refractivity contribution in [2.45, 2.75) is 13.0 Å². The Bertz CT molecular complexity index is 592. The van der Waals surface area contributed by atoms with Crippen LogP contribution in [0.25, 0.3) is 0 Å². The van der Waals surface area contributed by atoms with Gasteiger partial charge in [-0.1, -0.05) is 35.5 Å². The summed E-state index contributed by atoms with van der Waals surface area (Å²) in [6.07, 6.45) is 1.19. The Labute approximate surface area is 109 Å². The van der Waals surface area contributed by atoms with Gasteiger partial charge < -0.3 is 14.9 Å². The highest BCUT2D eigenvalue weighted by Gasteiger charge is 2.24. The lowest BCUT2D eigenvalue weighted by molar-refractivity contribution is -0.139. The van der Waals surface area contributed by atoms with E-state index in [1.165, 1.54) is 6.26 Å². The molecule has 19 heavy (non-hydrogen) atoms. The largest absolute Gasteiger partial charge is 0.479 e. The number of nitrogens with one attached hydrogen (secondary N) is 1. The first-order valence-electron chi connectivity index (χ1n) is 5.59. The third-order valence-corrected chi connectivity index (χ3v) is 2.65. The van der Waals surface area contributed by atoms with E-state index < -0.39 is 17.9 Å². The highest BCUT2D eigenvalue weighted by Crippen LogP contribution is 2.14. The van der Waals surface area contributed by atoms with Gasteiger partial charge in [-0.15, -0.1) is 0 Å². The molecule has 0 aliphatic rings. The average Bonchev–Trinajstić information content (AvgIpc) is 2.82. The van der Waals surface area contributed by atoms with Crippen molar-refractivity contribution in [3.63, 3.8) is 0 Å². The molecular weight excluding hydrogens is 248 g/mol. The van der Waals surface area contributed by atoms with Gasteiger partial charge >= 0.3 is 5.97 Å². The second-order valence-corrected chi connectivity index (χ2v) is 3.97. The van der Waals surface area contributed by atoms with Gasteiger partial charge in [0, 0.05) is 0 Å². The van der Waals surface area contributed by atoms with Gasteiger partial charge in [0.05, 0.1) is 5.69 Å². The number of rotatable bonds is 4. The first-order valence-corrected chi connectivity index (χ1v) is 5.59. The minimum atomic E-state index is -1.13. The maximum Gasteiger partial charge on any atom is 0.330 e. The van der Waals surface area contributed by atoms with Crippen molar-refractivity contribution in [2.24, 2.45) is 0 Å². The molecule has 98 valence electrons. The highest BCUT2D eigenvalue weighted by molar-refractivity contribution is 5.97. The van der Waals surface area contributed by atoms with Crippen LogP contribution in [0.1, 0.15) is 27.7 Å². The molecule has 1 aromatic heterocycles. The standard InChI is InChI=1S/C13H12N2O4/c1-8-10(7-19-15-8)12(16)14-11(13(17)18)9-5-3-2-4-6-9/h2-7,11H,1H3,(H,14,16)(H,17,18). The number of aromatic nitrogens is 1. The Balaban J connectivity index is 2.21. The fourth-order valence-corrected chi connectivity index (χ4v) is 1.65. The van der Waals surface area contributed by atoms with Gasteiger partial charge in [0.2, 0.25) is 0 Å². The van der Waals surface area contributed by atoms with Crippen molar-refractivity contribution in [1.82, 2.24) is 10.5 Å². The molecule has 0 fully saturated rings. The van der Waals surface area contributed by atoms with Crippen LogP contribution in [0.3, 0.4) is 0 Å². The molecule has 1 heterocycles. The molecule has 0 aliphatic heterocycles. The van der Waals surface area contributed by atoms with Crippen LogP contribution in [-0.4, -0.2) is 22.1 Å². The molecule has 0 saturated carbocycles. The smallest absolute Gasteiger partial charge is 0.330 e. The molecule has 6 heteroatoms. The number of aryl methyl sites for hydroxylation is 1. The number of carbonyl (C=O) groups is 2. The number of carbonyl (C=O) groups excluding carboxylic acids is 1. The molecule has 0 spiro atoms. The van der Waals surface area contributed by atoms with E-state index in [1.54, 1.807) is 37.3 Å². The van der Waals surface area contributed by atoms with Crippen molar-refractivity contribution in [3.8, 4) is 0 Å². The predicted molar refractivity (Wildman–Crippen MR) is 65.5 cm³/mol. The zero-order chi connectivity index (χ0) is 13.8. The lowest BCUT2D eigenvalue weighted by Gasteiger charge is -2.14. The number of amides is 1. The monoisotopic (exact) mass is 260 g/mol. The van der Waals surface area contributed by atoms with Crippen LogP contribution in [0.5, 0.6) is 0 Å². The molecule has 2 aromatic rings. The van der Waals surface area contributed by atoms with E-state index >= 15 is 0 Å². The van der Waals surface area contributed by atoms with E-state index in [2.05, 4.69) is 15.0 Å². The zero-order valence-electron chi connectivity index (χ0n) is 10.2. The van der Waals surface area contributed by atoms with Gasteiger partial charge in [0.15, 0.2) is 6.04 Å². The third-order valence-electron chi connectivity index (χ3n) is 2.65. The van der Waals surface area contributed by atoms with Crippen molar-refractivity contribution < 1.29 is 19.2 Å². The predicted octanol–water partition coefficient (Wildman–Crippen LogP) is 1.54. The molecule has 2 N–H and O–H groups in total. The molecule has 0 radical (unpaired) electrons. The Morgan fingerprint density at radius 1 is 1.32 bits per heavy atom. The van der Waals surface area contributed by atoms with Crippen molar-refractivity contribution in [3.05, 3.63) is 53.4 Å². The van der Waals surface area contributed by atoms with Gasteiger partial charge in [0.25, 0.3) is 5.91 Å². The molecule has 0 bridgehead atoms. The van der Waals surface area contributed by atoms with Gasteiger partial charge in [0.1, 0.15) is 11.8 Å². The molecular formula is C13H12N2O4. The fraction of sp³-hybridized carbons (Fsp3) is 0.154. The van der Waals surface area contributed by atoms with Crippen molar-refractivity contribution in [2.75, 3.05) is 0 Å². The summed E-state index contributed by atoms with van der Waals surface area (Å²) in [7, 11) is 0. The summed E-state index contributed by atoms with van der Waals surface area (Å²) in [5.41, 5.74) is 1.13. The Hall–Kier alpha value is -2.63. The van der Waals surface area contributed by atoms with E-state index in [9.17, 15) is 14.7 Å².